The van der Waals surface area contributed by atoms with E-state index in [9.17, 15) is 0 Å². The first-order valence-electron chi connectivity index (χ1n) is 7.95. The fourth-order valence-corrected chi connectivity index (χ4v) is 1.66. The maximum atomic E-state index is 2.28. The molecule has 0 aromatic rings. The molecular weight excluding hydrogens is 232 g/mol. The van der Waals surface area contributed by atoms with Crippen LogP contribution in [0.5, 0.6) is 0 Å². The molecule has 120 valence electrons. The summed E-state index contributed by atoms with van der Waals surface area (Å²) in [6.45, 7) is 16.6. The zero-order valence-electron chi connectivity index (χ0n) is 15.8. The van der Waals surface area contributed by atoms with Gasteiger partial charge in [-0.05, 0) is 67.3 Å². The van der Waals surface area contributed by atoms with Crippen LogP contribution in [0.4, 0.5) is 0 Å². The average molecular weight is 275 g/mol. The summed E-state index contributed by atoms with van der Waals surface area (Å²) in [6, 6.07) is 0. The Balaban J connectivity index is -0.000000249. The molecule has 0 unspecified atom stereocenters. The lowest BCUT2D eigenvalue weighted by atomic mass is 9.92. The molecule has 0 radical (unpaired) electrons. The number of unbranched alkanes of at least 4 members (excludes halogenated alkanes) is 1. The van der Waals surface area contributed by atoms with Crippen LogP contribution in [0.25, 0.3) is 0 Å². The summed E-state index contributed by atoms with van der Waals surface area (Å²) < 4.78 is 0. The standard InChI is InChI=1S/C9H21N.C6H15N.C2H6/c1-8(2)7-9(3,4)10(5)6;1-4-5-6-7(2)3;1-2/h8H,7H2,1-6H3;4-6H2,1-3H3;1-2H3. The van der Waals surface area contributed by atoms with Crippen molar-refractivity contribution in [2.75, 3.05) is 34.7 Å². The monoisotopic (exact) mass is 274 g/mol. The van der Waals surface area contributed by atoms with Gasteiger partial charge < -0.3 is 9.80 Å². The van der Waals surface area contributed by atoms with Crippen LogP contribution in [0.1, 0.15) is 67.7 Å². The molecule has 0 fully saturated rings. The second-order valence-electron chi connectivity index (χ2n) is 6.46. The zero-order valence-corrected chi connectivity index (χ0v) is 15.8. The molecule has 0 aliphatic rings. The van der Waals surface area contributed by atoms with Crippen molar-refractivity contribution < 1.29 is 0 Å². The lowest BCUT2D eigenvalue weighted by molar-refractivity contribution is 0.163. The molecule has 2 heteroatoms. The number of nitrogens with zero attached hydrogens (tertiary/aromatic N) is 2. The highest BCUT2D eigenvalue weighted by Gasteiger charge is 2.20. The SMILES string of the molecule is CC.CC(C)CC(C)(C)N(C)C.CCCCN(C)C. The molecule has 0 spiro atoms. The van der Waals surface area contributed by atoms with Crippen LogP contribution >= 0.6 is 0 Å². The van der Waals surface area contributed by atoms with Gasteiger partial charge in [-0.3, -0.25) is 0 Å². The van der Waals surface area contributed by atoms with Crippen molar-refractivity contribution in [3.63, 3.8) is 0 Å². The van der Waals surface area contributed by atoms with Gasteiger partial charge in [0.15, 0.2) is 0 Å². The van der Waals surface area contributed by atoms with Crippen molar-refractivity contribution in [1.82, 2.24) is 9.80 Å². The third-order valence-corrected chi connectivity index (χ3v) is 3.08. The van der Waals surface area contributed by atoms with Crippen molar-refractivity contribution in [1.29, 1.82) is 0 Å². The molecule has 2 nitrogen and oxygen atoms in total. The van der Waals surface area contributed by atoms with Gasteiger partial charge in [0.2, 0.25) is 0 Å². The van der Waals surface area contributed by atoms with E-state index in [0.29, 0.717) is 5.54 Å². The van der Waals surface area contributed by atoms with Crippen molar-refractivity contribution in [2.24, 2.45) is 5.92 Å². The predicted octanol–water partition coefficient (Wildman–Crippen LogP) is 4.75. The summed E-state index contributed by atoms with van der Waals surface area (Å²) >= 11 is 0. The highest BCUT2D eigenvalue weighted by atomic mass is 15.1. The number of rotatable bonds is 6. The molecule has 0 heterocycles. The van der Waals surface area contributed by atoms with Crippen LogP contribution < -0.4 is 0 Å². The second kappa shape index (κ2) is 14.3. The maximum absolute atomic E-state index is 2.28. The van der Waals surface area contributed by atoms with Gasteiger partial charge in [0.1, 0.15) is 0 Å². The Morgan fingerprint density at radius 3 is 1.47 bits per heavy atom. The Hall–Kier alpha value is -0.0800. The van der Waals surface area contributed by atoms with Gasteiger partial charge in [-0.1, -0.05) is 41.0 Å². The first kappa shape index (κ1) is 24.0. The Labute approximate surface area is 124 Å². The highest BCUT2D eigenvalue weighted by Crippen LogP contribution is 2.19. The molecule has 0 aromatic heterocycles. The summed E-state index contributed by atoms with van der Waals surface area (Å²) in [5, 5.41) is 0. The van der Waals surface area contributed by atoms with Crippen LogP contribution in [0.15, 0.2) is 0 Å². The van der Waals surface area contributed by atoms with Gasteiger partial charge in [-0.15, -0.1) is 0 Å². The summed E-state index contributed by atoms with van der Waals surface area (Å²) in [6.07, 6.45) is 3.89. The Morgan fingerprint density at radius 1 is 0.947 bits per heavy atom. The Kier molecular flexibility index (Phi) is 18.1. The van der Waals surface area contributed by atoms with Gasteiger partial charge in [0.05, 0.1) is 0 Å². The van der Waals surface area contributed by atoms with E-state index >= 15 is 0 Å². The molecule has 0 N–H and O–H groups in total. The largest absolute Gasteiger partial charge is 0.309 e. The molecule has 0 bridgehead atoms. The quantitative estimate of drug-likeness (QED) is 0.690. The summed E-state index contributed by atoms with van der Waals surface area (Å²) in [5.74, 6) is 0.789. The molecule has 0 amide bonds. The van der Waals surface area contributed by atoms with E-state index in [1.807, 2.05) is 13.8 Å². The zero-order chi connectivity index (χ0) is 16.1. The van der Waals surface area contributed by atoms with E-state index in [0.717, 1.165) is 5.92 Å². The van der Waals surface area contributed by atoms with Crippen LogP contribution in [-0.2, 0) is 0 Å². The smallest absolute Gasteiger partial charge is 0.0149 e. The third-order valence-electron chi connectivity index (χ3n) is 3.08. The maximum Gasteiger partial charge on any atom is 0.0149 e. The minimum atomic E-state index is 0.355. The van der Waals surface area contributed by atoms with Gasteiger partial charge >= 0.3 is 0 Å². The highest BCUT2D eigenvalue weighted by molar-refractivity contribution is 4.77. The molecule has 0 rings (SSSR count). The predicted molar refractivity (Wildman–Crippen MR) is 92.0 cm³/mol. The summed E-state index contributed by atoms with van der Waals surface area (Å²) in [4.78, 5) is 4.50. The first-order chi connectivity index (χ1) is 8.63. The molecule has 0 atom stereocenters. The van der Waals surface area contributed by atoms with Crippen molar-refractivity contribution in [3.8, 4) is 0 Å². The van der Waals surface area contributed by atoms with E-state index in [2.05, 4.69) is 72.6 Å². The van der Waals surface area contributed by atoms with Gasteiger partial charge in [0, 0.05) is 5.54 Å². The van der Waals surface area contributed by atoms with E-state index in [4.69, 9.17) is 0 Å². The van der Waals surface area contributed by atoms with Crippen molar-refractivity contribution >= 4 is 0 Å². The number of hydrogen-bond donors (Lipinski definition) is 0. The molecule has 0 aromatic carbocycles. The van der Waals surface area contributed by atoms with Crippen LogP contribution in [0, 0.1) is 5.92 Å². The molecule has 0 aliphatic heterocycles. The number of hydrogen-bond acceptors (Lipinski definition) is 2. The van der Waals surface area contributed by atoms with E-state index in [1.165, 1.54) is 25.8 Å². The first-order valence-corrected chi connectivity index (χ1v) is 7.95. The van der Waals surface area contributed by atoms with E-state index in [-0.39, 0.29) is 0 Å². The fourth-order valence-electron chi connectivity index (χ4n) is 1.66. The van der Waals surface area contributed by atoms with Gasteiger partial charge in [-0.2, -0.15) is 0 Å². The van der Waals surface area contributed by atoms with Crippen molar-refractivity contribution in [3.05, 3.63) is 0 Å². The molecule has 19 heavy (non-hydrogen) atoms. The lowest BCUT2D eigenvalue weighted by Gasteiger charge is -2.34. The molecule has 0 saturated heterocycles. The van der Waals surface area contributed by atoms with Gasteiger partial charge in [0.25, 0.3) is 0 Å². The third kappa shape index (κ3) is 20.4. The minimum Gasteiger partial charge on any atom is -0.309 e. The van der Waals surface area contributed by atoms with Crippen LogP contribution in [-0.4, -0.2) is 50.1 Å². The normalized spacial score (nSPS) is 11.1. The lowest BCUT2D eigenvalue weighted by Crippen LogP contribution is -2.39. The average Bonchev–Trinajstić information content (AvgIpc) is 2.28. The second-order valence-corrected chi connectivity index (χ2v) is 6.46. The minimum absolute atomic E-state index is 0.355. The molecule has 0 aliphatic carbocycles. The van der Waals surface area contributed by atoms with E-state index < -0.39 is 0 Å². The topological polar surface area (TPSA) is 6.48 Å². The fraction of sp³-hybridized carbons (Fsp3) is 1.00. The molecule has 0 saturated carbocycles. The van der Waals surface area contributed by atoms with Crippen molar-refractivity contribution in [2.45, 2.75) is 73.3 Å². The van der Waals surface area contributed by atoms with Crippen LogP contribution in [0.3, 0.4) is 0 Å². The van der Waals surface area contributed by atoms with Gasteiger partial charge in [-0.25, -0.2) is 0 Å². The van der Waals surface area contributed by atoms with Crippen LogP contribution in [0.2, 0.25) is 0 Å². The molecular formula is C17H42N2. The summed E-state index contributed by atoms with van der Waals surface area (Å²) in [7, 11) is 8.50. The summed E-state index contributed by atoms with van der Waals surface area (Å²) in [5.41, 5.74) is 0.355. The van der Waals surface area contributed by atoms with E-state index in [1.54, 1.807) is 0 Å². The Morgan fingerprint density at radius 2 is 1.37 bits per heavy atom. The Bertz CT molecular complexity index is 161.